The Kier molecular flexibility index (Phi) is 66.6. The Bertz CT molecular complexity index is 1950. The summed E-state index contributed by atoms with van der Waals surface area (Å²) in [5, 5.41) is 10.6. The molecule has 6 atom stereocenters. The predicted octanol–water partition coefficient (Wildman–Crippen LogP) is 22.3. The number of aliphatic hydroxyl groups excluding tert-OH is 1. The van der Waals surface area contributed by atoms with Crippen LogP contribution in [0.2, 0.25) is 0 Å². The molecule has 0 bridgehead atoms. The van der Waals surface area contributed by atoms with Crippen LogP contribution < -0.4 is 0 Å². The van der Waals surface area contributed by atoms with Crippen LogP contribution in [0.4, 0.5) is 0 Å². The van der Waals surface area contributed by atoms with Crippen LogP contribution in [0.3, 0.4) is 0 Å². The summed E-state index contributed by atoms with van der Waals surface area (Å²) in [5.74, 6) is -0.550. The molecule has 0 saturated carbocycles. The highest BCUT2D eigenvalue weighted by atomic mass is 31.2. The molecule has 0 fully saturated rings. The van der Waals surface area contributed by atoms with Crippen LogP contribution in [-0.2, 0) is 65.4 Å². The number of hydrogen-bond acceptors (Lipinski definition) is 15. The van der Waals surface area contributed by atoms with Crippen LogP contribution in [0.1, 0.15) is 375 Å². The van der Waals surface area contributed by atoms with Gasteiger partial charge >= 0.3 is 39.5 Å². The molecule has 0 aliphatic carbocycles. The Morgan fingerprint density at radius 2 is 0.615 bits per heavy atom. The number of carbonyl (C=O) groups excluding carboxylic acids is 4. The van der Waals surface area contributed by atoms with Crippen LogP contribution in [0, 0.1) is 11.8 Å². The average molecular weight is 1410 g/mol. The van der Waals surface area contributed by atoms with Gasteiger partial charge in [0.2, 0.25) is 0 Å². The largest absolute Gasteiger partial charge is 0.472 e. The number of phosphoric ester groups is 2. The molecule has 19 heteroatoms. The lowest BCUT2D eigenvalue weighted by Gasteiger charge is -2.21. The smallest absolute Gasteiger partial charge is 0.462 e. The van der Waals surface area contributed by atoms with Gasteiger partial charge in [-0.1, -0.05) is 323 Å². The van der Waals surface area contributed by atoms with Gasteiger partial charge in [-0.2, -0.15) is 0 Å². The van der Waals surface area contributed by atoms with E-state index in [0.717, 1.165) is 121 Å². The van der Waals surface area contributed by atoms with Crippen molar-refractivity contribution < 1.29 is 80.2 Å². The van der Waals surface area contributed by atoms with Crippen LogP contribution in [-0.4, -0.2) is 96.7 Å². The molecule has 0 spiro atoms. The highest BCUT2D eigenvalue weighted by Gasteiger charge is 2.30. The average Bonchev–Trinajstić information content (AvgIpc) is 1.22. The molecule has 0 saturated heterocycles. The summed E-state index contributed by atoms with van der Waals surface area (Å²) in [5.41, 5.74) is 0. The highest BCUT2D eigenvalue weighted by molar-refractivity contribution is 7.47. The van der Waals surface area contributed by atoms with Crippen LogP contribution in [0.5, 0.6) is 0 Å². The van der Waals surface area contributed by atoms with E-state index in [4.69, 9.17) is 37.0 Å². The van der Waals surface area contributed by atoms with E-state index in [9.17, 15) is 43.2 Å². The molecule has 0 heterocycles. The van der Waals surface area contributed by atoms with Crippen LogP contribution >= 0.6 is 15.6 Å². The number of allylic oxidation sites excluding steroid dienone is 4. The zero-order valence-electron chi connectivity index (χ0n) is 62.2. The SMILES string of the molecule is CCCCCC/C=C\C=C/CCCCCCCC(=O)OC[C@H](COP(=O)(O)OC[C@@H](O)COP(=O)(O)OC[C@@H](COC(=O)CCCCCCCCCCCC)OC(=O)CCCCCCCCCCCCC(C)C)OC(=O)CCCCCCCCCCCCCCCCC(C)CC. The standard InChI is InChI=1S/C77H146O17P2/c1-7-10-12-14-16-18-20-21-22-26-29-36-42-48-54-60-75(80)88-66-73(93-76(81)61-55-49-43-37-30-27-24-23-25-28-34-40-46-52-58-70(6)9-3)68-92-96(85,86)90-64-71(78)63-89-95(83,84)91-67-72(65-87-74(79)59-53-47-41-35-19-17-15-13-11-8-2)94-77(82)62-56-50-44-38-32-31-33-39-45-51-57-69(4)5/h18,20-22,69-73,78H,7-17,19,23-68H2,1-6H3,(H,83,84)(H,85,86)/b20-18-,22-21-/t70?,71-,72+,73+/m0/s1. The summed E-state index contributed by atoms with van der Waals surface area (Å²) in [6.45, 7) is 9.57. The van der Waals surface area contributed by atoms with Gasteiger partial charge in [0.1, 0.15) is 19.3 Å². The molecule has 0 aromatic rings. The van der Waals surface area contributed by atoms with E-state index >= 15 is 0 Å². The Morgan fingerprint density at radius 1 is 0.344 bits per heavy atom. The Hall–Kier alpha value is -2.46. The number of hydrogen-bond donors (Lipinski definition) is 3. The third-order valence-corrected chi connectivity index (χ3v) is 19.6. The number of rotatable bonds is 74. The maximum Gasteiger partial charge on any atom is 0.472 e. The molecule has 96 heavy (non-hydrogen) atoms. The van der Waals surface area contributed by atoms with Gasteiger partial charge in [0.15, 0.2) is 12.2 Å². The van der Waals surface area contributed by atoms with Crippen molar-refractivity contribution in [2.45, 2.75) is 394 Å². The van der Waals surface area contributed by atoms with Crippen LogP contribution in [0.25, 0.3) is 0 Å². The van der Waals surface area contributed by atoms with E-state index in [2.05, 4.69) is 65.8 Å². The fraction of sp³-hybridized carbons (Fsp3) is 0.896. The fourth-order valence-corrected chi connectivity index (χ4v) is 12.8. The van der Waals surface area contributed by atoms with Gasteiger partial charge in [-0.05, 0) is 63.2 Å². The zero-order chi connectivity index (χ0) is 70.7. The van der Waals surface area contributed by atoms with Gasteiger partial charge in [-0.25, -0.2) is 9.13 Å². The van der Waals surface area contributed by atoms with Gasteiger partial charge in [0, 0.05) is 25.7 Å². The summed E-state index contributed by atoms with van der Waals surface area (Å²) in [7, 11) is -9.92. The van der Waals surface area contributed by atoms with Gasteiger partial charge in [-0.3, -0.25) is 37.3 Å². The molecule has 0 amide bonds. The van der Waals surface area contributed by atoms with E-state index in [1.807, 2.05) is 0 Å². The lowest BCUT2D eigenvalue weighted by Crippen LogP contribution is -2.30. The normalized spacial score (nSPS) is 14.4. The maximum atomic E-state index is 13.1. The van der Waals surface area contributed by atoms with Crippen molar-refractivity contribution >= 4 is 39.5 Å². The molecule has 3 unspecified atom stereocenters. The lowest BCUT2D eigenvalue weighted by atomic mass is 9.99. The number of unbranched alkanes of at least 4 members (excludes halogenated alkanes) is 40. The third-order valence-electron chi connectivity index (χ3n) is 17.7. The second-order valence-corrected chi connectivity index (χ2v) is 30.7. The third kappa shape index (κ3) is 68.7. The first-order chi connectivity index (χ1) is 46.4. The molecular formula is C77H146O17P2. The first kappa shape index (κ1) is 93.5. The molecule has 0 aromatic carbocycles. The number of ether oxygens (including phenoxy) is 4. The summed E-state index contributed by atoms with van der Waals surface area (Å²) in [4.78, 5) is 72.8. The minimum Gasteiger partial charge on any atom is -0.462 e. The van der Waals surface area contributed by atoms with Gasteiger partial charge in [0.05, 0.1) is 26.4 Å². The van der Waals surface area contributed by atoms with Gasteiger partial charge in [0.25, 0.3) is 0 Å². The first-order valence-corrected chi connectivity index (χ1v) is 42.3. The van der Waals surface area contributed by atoms with Crippen molar-refractivity contribution in [2.75, 3.05) is 39.6 Å². The Labute approximate surface area is 586 Å². The molecule has 0 aliphatic rings. The quantitative estimate of drug-likeness (QED) is 0.0169. The summed E-state index contributed by atoms with van der Waals surface area (Å²) >= 11 is 0. The topological polar surface area (TPSA) is 237 Å². The van der Waals surface area contributed by atoms with E-state index in [1.165, 1.54) is 173 Å². The van der Waals surface area contributed by atoms with Gasteiger partial charge < -0.3 is 33.8 Å². The zero-order valence-corrected chi connectivity index (χ0v) is 63.9. The van der Waals surface area contributed by atoms with Gasteiger partial charge in [-0.15, -0.1) is 0 Å². The molecule has 566 valence electrons. The van der Waals surface area contributed by atoms with Crippen molar-refractivity contribution in [3.63, 3.8) is 0 Å². The first-order valence-electron chi connectivity index (χ1n) is 39.3. The number of esters is 4. The van der Waals surface area contributed by atoms with Crippen molar-refractivity contribution in [1.82, 2.24) is 0 Å². The summed E-state index contributed by atoms with van der Waals surface area (Å²) < 4.78 is 68.5. The lowest BCUT2D eigenvalue weighted by molar-refractivity contribution is -0.161. The second-order valence-electron chi connectivity index (χ2n) is 27.8. The van der Waals surface area contributed by atoms with E-state index in [1.54, 1.807) is 0 Å². The highest BCUT2D eigenvalue weighted by Crippen LogP contribution is 2.45. The van der Waals surface area contributed by atoms with Crippen LogP contribution in [0.15, 0.2) is 24.3 Å². The number of phosphoric acid groups is 2. The minimum atomic E-state index is -4.97. The predicted molar refractivity (Wildman–Crippen MR) is 391 cm³/mol. The molecule has 0 radical (unpaired) electrons. The molecule has 0 aromatic heterocycles. The maximum absolute atomic E-state index is 13.1. The Morgan fingerprint density at radius 3 is 0.938 bits per heavy atom. The molecular weight excluding hydrogens is 1260 g/mol. The Balaban J connectivity index is 5.28. The number of aliphatic hydroxyl groups is 1. The molecule has 3 N–H and O–H groups in total. The van der Waals surface area contributed by atoms with Crippen molar-refractivity contribution in [2.24, 2.45) is 11.8 Å². The van der Waals surface area contributed by atoms with E-state index < -0.39 is 97.5 Å². The summed E-state index contributed by atoms with van der Waals surface area (Å²) in [6.07, 6.45) is 58.9. The molecule has 17 nitrogen and oxygen atoms in total. The monoisotopic (exact) mass is 1410 g/mol. The van der Waals surface area contributed by atoms with Crippen molar-refractivity contribution in [1.29, 1.82) is 0 Å². The minimum absolute atomic E-state index is 0.101. The second kappa shape index (κ2) is 68.3. The van der Waals surface area contributed by atoms with Crippen molar-refractivity contribution in [3.05, 3.63) is 24.3 Å². The van der Waals surface area contributed by atoms with E-state index in [0.29, 0.717) is 25.7 Å². The van der Waals surface area contributed by atoms with Crippen molar-refractivity contribution in [3.8, 4) is 0 Å². The summed E-state index contributed by atoms with van der Waals surface area (Å²) in [6, 6.07) is 0. The molecule has 0 rings (SSSR count). The number of carbonyl (C=O) groups is 4. The molecule has 0 aliphatic heterocycles. The fourth-order valence-electron chi connectivity index (χ4n) is 11.3. The van der Waals surface area contributed by atoms with E-state index in [-0.39, 0.29) is 25.7 Å².